The lowest BCUT2D eigenvalue weighted by molar-refractivity contribution is 0.102. The van der Waals surface area contributed by atoms with Crippen LogP contribution in [0.3, 0.4) is 0 Å². The SMILES string of the molecule is Cc1cccc(C(=O)Nc2cc(C#CCCO)ccn2)c1. The molecule has 1 aromatic carbocycles. The van der Waals surface area contributed by atoms with Gasteiger partial charge in [-0.3, -0.25) is 4.79 Å². The average Bonchev–Trinajstić information content (AvgIpc) is 2.48. The third-order valence-corrected chi connectivity index (χ3v) is 2.75. The maximum atomic E-state index is 12.1. The van der Waals surface area contributed by atoms with Gasteiger partial charge in [0, 0.05) is 23.7 Å². The molecule has 0 aliphatic carbocycles. The summed E-state index contributed by atoms with van der Waals surface area (Å²) in [5.74, 6) is 5.99. The van der Waals surface area contributed by atoms with Gasteiger partial charge < -0.3 is 10.4 Å². The van der Waals surface area contributed by atoms with Gasteiger partial charge in [0.25, 0.3) is 5.91 Å². The van der Waals surface area contributed by atoms with Crippen molar-refractivity contribution in [3.05, 3.63) is 59.3 Å². The van der Waals surface area contributed by atoms with Crippen LogP contribution in [-0.4, -0.2) is 22.6 Å². The van der Waals surface area contributed by atoms with Crippen LogP contribution in [0.15, 0.2) is 42.6 Å². The highest BCUT2D eigenvalue weighted by Crippen LogP contribution is 2.10. The molecular formula is C17H16N2O2. The molecule has 2 rings (SSSR count). The minimum absolute atomic E-state index is 0.0367. The third-order valence-electron chi connectivity index (χ3n) is 2.75. The van der Waals surface area contributed by atoms with Gasteiger partial charge in [0.1, 0.15) is 5.82 Å². The number of pyridine rings is 1. The zero-order valence-electron chi connectivity index (χ0n) is 11.8. The fourth-order valence-corrected chi connectivity index (χ4v) is 1.77. The smallest absolute Gasteiger partial charge is 0.256 e. The number of rotatable bonds is 3. The van der Waals surface area contributed by atoms with Gasteiger partial charge in [0.15, 0.2) is 0 Å². The van der Waals surface area contributed by atoms with E-state index in [1.807, 2.05) is 25.1 Å². The average molecular weight is 280 g/mol. The Bertz CT molecular complexity index is 699. The molecule has 0 unspecified atom stereocenters. The van der Waals surface area contributed by atoms with Crippen LogP contribution in [0.1, 0.15) is 27.9 Å². The quantitative estimate of drug-likeness (QED) is 0.849. The molecule has 0 atom stereocenters. The first-order valence-electron chi connectivity index (χ1n) is 6.63. The van der Waals surface area contributed by atoms with Crippen molar-refractivity contribution in [3.8, 4) is 11.8 Å². The van der Waals surface area contributed by atoms with Gasteiger partial charge in [-0.15, -0.1) is 0 Å². The molecule has 0 fully saturated rings. The van der Waals surface area contributed by atoms with Crippen molar-refractivity contribution in [1.29, 1.82) is 0 Å². The van der Waals surface area contributed by atoms with E-state index in [1.54, 1.807) is 24.4 Å². The normalized spacial score (nSPS) is 9.62. The molecule has 2 N–H and O–H groups in total. The molecule has 0 saturated carbocycles. The summed E-state index contributed by atoms with van der Waals surface area (Å²) in [4.78, 5) is 16.2. The summed E-state index contributed by atoms with van der Waals surface area (Å²) >= 11 is 0. The van der Waals surface area contributed by atoms with E-state index in [1.165, 1.54) is 0 Å². The van der Waals surface area contributed by atoms with Gasteiger partial charge in [0.2, 0.25) is 0 Å². The second kappa shape index (κ2) is 7.22. The summed E-state index contributed by atoms with van der Waals surface area (Å²) in [7, 11) is 0. The number of nitrogens with zero attached hydrogens (tertiary/aromatic N) is 1. The van der Waals surface area contributed by atoms with Gasteiger partial charge in [-0.05, 0) is 31.2 Å². The molecule has 0 bridgehead atoms. The Balaban J connectivity index is 2.11. The van der Waals surface area contributed by atoms with Crippen LogP contribution < -0.4 is 5.32 Å². The van der Waals surface area contributed by atoms with Crippen molar-refractivity contribution in [2.45, 2.75) is 13.3 Å². The highest BCUT2D eigenvalue weighted by atomic mass is 16.2. The van der Waals surface area contributed by atoms with Gasteiger partial charge in [-0.2, -0.15) is 0 Å². The molecule has 0 saturated heterocycles. The summed E-state index contributed by atoms with van der Waals surface area (Å²) in [5.41, 5.74) is 2.37. The van der Waals surface area contributed by atoms with Crippen molar-refractivity contribution in [1.82, 2.24) is 4.98 Å². The number of aromatic nitrogens is 1. The van der Waals surface area contributed by atoms with E-state index >= 15 is 0 Å². The number of carbonyl (C=O) groups excluding carboxylic acids is 1. The second-order valence-corrected chi connectivity index (χ2v) is 4.53. The minimum Gasteiger partial charge on any atom is -0.395 e. The third kappa shape index (κ3) is 4.44. The second-order valence-electron chi connectivity index (χ2n) is 4.53. The van der Waals surface area contributed by atoms with Gasteiger partial charge in [-0.25, -0.2) is 4.98 Å². The Hall–Kier alpha value is -2.64. The summed E-state index contributed by atoms with van der Waals surface area (Å²) in [6.45, 7) is 1.97. The molecule has 2 aromatic rings. The molecule has 4 nitrogen and oxygen atoms in total. The minimum atomic E-state index is -0.202. The lowest BCUT2D eigenvalue weighted by Crippen LogP contribution is -2.13. The monoisotopic (exact) mass is 280 g/mol. The van der Waals surface area contributed by atoms with Crippen molar-refractivity contribution in [2.75, 3.05) is 11.9 Å². The molecule has 1 aromatic heterocycles. The van der Waals surface area contributed by atoms with Crippen LogP contribution in [0.5, 0.6) is 0 Å². The van der Waals surface area contributed by atoms with E-state index in [0.717, 1.165) is 11.1 Å². The van der Waals surface area contributed by atoms with E-state index in [-0.39, 0.29) is 12.5 Å². The number of anilines is 1. The molecule has 0 radical (unpaired) electrons. The van der Waals surface area contributed by atoms with Gasteiger partial charge in [0.05, 0.1) is 6.61 Å². The predicted octanol–water partition coefficient (Wildman–Crippen LogP) is 2.38. The molecule has 1 heterocycles. The van der Waals surface area contributed by atoms with Crippen LogP contribution in [0, 0.1) is 18.8 Å². The Morgan fingerprint density at radius 2 is 2.19 bits per heavy atom. The van der Waals surface area contributed by atoms with E-state index in [2.05, 4.69) is 22.1 Å². The number of benzene rings is 1. The predicted molar refractivity (Wildman–Crippen MR) is 82.0 cm³/mol. The molecule has 1 amide bonds. The molecule has 0 aliphatic rings. The summed E-state index contributed by atoms with van der Waals surface area (Å²) in [6, 6.07) is 10.8. The van der Waals surface area contributed by atoms with Crippen LogP contribution in [-0.2, 0) is 0 Å². The van der Waals surface area contributed by atoms with E-state index in [4.69, 9.17) is 5.11 Å². The van der Waals surface area contributed by atoms with Gasteiger partial charge in [-0.1, -0.05) is 29.5 Å². The van der Waals surface area contributed by atoms with Crippen molar-refractivity contribution >= 4 is 11.7 Å². The van der Waals surface area contributed by atoms with Crippen LogP contribution in [0.4, 0.5) is 5.82 Å². The van der Waals surface area contributed by atoms with Crippen molar-refractivity contribution in [3.63, 3.8) is 0 Å². The van der Waals surface area contributed by atoms with Crippen molar-refractivity contribution in [2.24, 2.45) is 0 Å². The number of amides is 1. The fraction of sp³-hybridized carbons (Fsp3) is 0.176. The van der Waals surface area contributed by atoms with Crippen molar-refractivity contribution < 1.29 is 9.90 Å². The zero-order valence-corrected chi connectivity index (χ0v) is 11.8. The summed E-state index contributed by atoms with van der Waals surface area (Å²) in [5, 5.41) is 11.4. The first kappa shape index (κ1) is 14.8. The fourth-order valence-electron chi connectivity index (χ4n) is 1.77. The summed E-state index contributed by atoms with van der Waals surface area (Å²) < 4.78 is 0. The lowest BCUT2D eigenvalue weighted by atomic mass is 10.1. The Morgan fingerprint density at radius 1 is 1.33 bits per heavy atom. The number of aliphatic hydroxyl groups excluding tert-OH is 1. The number of nitrogens with one attached hydrogen (secondary N) is 1. The lowest BCUT2D eigenvalue weighted by Gasteiger charge is -2.05. The number of hydrogen-bond acceptors (Lipinski definition) is 3. The van der Waals surface area contributed by atoms with E-state index < -0.39 is 0 Å². The first-order chi connectivity index (χ1) is 10.2. The number of aliphatic hydroxyl groups is 1. The highest BCUT2D eigenvalue weighted by molar-refractivity contribution is 6.03. The molecule has 0 aliphatic heterocycles. The molecule has 21 heavy (non-hydrogen) atoms. The summed E-state index contributed by atoms with van der Waals surface area (Å²) in [6.07, 6.45) is 2.02. The number of hydrogen-bond donors (Lipinski definition) is 2. The van der Waals surface area contributed by atoms with Gasteiger partial charge >= 0.3 is 0 Å². The largest absolute Gasteiger partial charge is 0.395 e. The Labute approximate surface area is 123 Å². The maximum absolute atomic E-state index is 12.1. The molecular weight excluding hydrogens is 264 g/mol. The standard InChI is InChI=1S/C17H16N2O2/c1-13-5-4-7-15(11-13)17(21)19-16-12-14(8-9-18-16)6-2-3-10-20/h4-5,7-9,11-12,20H,3,10H2,1H3,(H,18,19,21). The van der Waals surface area contributed by atoms with E-state index in [0.29, 0.717) is 17.8 Å². The Morgan fingerprint density at radius 3 is 2.95 bits per heavy atom. The first-order valence-corrected chi connectivity index (χ1v) is 6.63. The van der Waals surface area contributed by atoms with Crippen LogP contribution in [0.25, 0.3) is 0 Å². The number of carbonyl (C=O) groups is 1. The Kier molecular flexibility index (Phi) is 5.08. The maximum Gasteiger partial charge on any atom is 0.256 e. The topological polar surface area (TPSA) is 62.2 Å². The zero-order chi connectivity index (χ0) is 15.1. The molecule has 0 spiro atoms. The van der Waals surface area contributed by atoms with Crippen LogP contribution in [0.2, 0.25) is 0 Å². The van der Waals surface area contributed by atoms with Crippen LogP contribution >= 0.6 is 0 Å². The highest BCUT2D eigenvalue weighted by Gasteiger charge is 2.06. The number of aryl methyl sites for hydroxylation is 1. The molecule has 4 heteroatoms. The van der Waals surface area contributed by atoms with E-state index in [9.17, 15) is 4.79 Å². The molecule has 106 valence electrons.